The molecule has 0 spiro atoms. The molecule has 5 nitrogen and oxygen atoms in total. The van der Waals surface area contributed by atoms with Gasteiger partial charge in [0, 0.05) is 12.6 Å². The van der Waals surface area contributed by atoms with E-state index >= 15 is 0 Å². The Hall–Kier alpha value is -0.810. The van der Waals surface area contributed by atoms with Gasteiger partial charge in [-0.2, -0.15) is 0 Å². The van der Waals surface area contributed by atoms with E-state index in [1.54, 1.807) is 7.05 Å². The second-order valence-corrected chi connectivity index (χ2v) is 6.84. The maximum absolute atomic E-state index is 12.0. The fourth-order valence-corrected chi connectivity index (χ4v) is 1.36. The van der Waals surface area contributed by atoms with Crippen LogP contribution in [0.25, 0.3) is 0 Å². The molecular formula is C13H28ClN3O2. The van der Waals surface area contributed by atoms with Crippen molar-refractivity contribution in [3.05, 3.63) is 0 Å². The van der Waals surface area contributed by atoms with Gasteiger partial charge in [-0.3, -0.25) is 9.59 Å². The Morgan fingerprint density at radius 1 is 1.16 bits per heavy atom. The zero-order valence-electron chi connectivity index (χ0n) is 13.0. The number of rotatable bonds is 3. The Morgan fingerprint density at radius 2 is 1.58 bits per heavy atom. The van der Waals surface area contributed by atoms with Crippen molar-refractivity contribution >= 4 is 24.2 Å². The summed E-state index contributed by atoms with van der Waals surface area (Å²) in [6.07, 6.45) is 0. The van der Waals surface area contributed by atoms with Gasteiger partial charge in [0.15, 0.2) is 0 Å². The Kier molecular flexibility index (Phi) is 7.66. The van der Waals surface area contributed by atoms with E-state index in [1.165, 1.54) is 4.90 Å². The van der Waals surface area contributed by atoms with Crippen LogP contribution in [0.5, 0.6) is 0 Å². The van der Waals surface area contributed by atoms with Gasteiger partial charge in [-0.15, -0.1) is 12.4 Å². The average Bonchev–Trinajstić information content (AvgIpc) is 2.10. The highest BCUT2D eigenvalue weighted by Gasteiger charge is 2.30. The van der Waals surface area contributed by atoms with Gasteiger partial charge in [0.25, 0.3) is 0 Å². The van der Waals surface area contributed by atoms with E-state index in [1.807, 2.05) is 41.5 Å². The number of hydrogen-bond acceptors (Lipinski definition) is 3. The second kappa shape index (κ2) is 7.10. The van der Waals surface area contributed by atoms with Crippen LogP contribution in [0, 0.1) is 5.41 Å². The summed E-state index contributed by atoms with van der Waals surface area (Å²) < 4.78 is 0. The number of hydrogen-bond donors (Lipinski definition) is 2. The molecule has 0 fully saturated rings. The molecule has 0 rings (SSSR count). The second-order valence-electron chi connectivity index (χ2n) is 6.84. The van der Waals surface area contributed by atoms with Gasteiger partial charge < -0.3 is 16.0 Å². The van der Waals surface area contributed by atoms with E-state index < -0.39 is 6.04 Å². The summed E-state index contributed by atoms with van der Waals surface area (Å²) in [5.74, 6) is -0.397. The van der Waals surface area contributed by atoms with E-state index in [0.29, 0.717) is 0 Å². The van der Waals surface area contributed by atoms with Crippen LogP contribution in [-0.2, 0) is 9.59 Å². The van der Waals surface area contributed by atoms with Crippen LogP contribution in [-0.4, -0.2) is 41.9 Å². The standard InChI is InChI=1S/C13H27N3O2.ClH/c1-12(2,3)10(14)11(18)16(7)8-9(17)15-13(4,5)6;/h10H,8,14H2,1-7H3,(H,15,17);1H/t10-;/m1./s1. The molecular weight excluding hydrogens is 266 g/mol. The molecule has 0 saturated carbocycles. The molecule has 0 aromatic carbocycles. The number of nitrogens with zero attached hydrogens (tertiary/aromatic N) is 1. The molecule has 0 aliphatic rings. The van der Waals surface area contributed by atoms with Gasteiger partial charge in [-0.1, -0.05) is 20.8 Å². The quantitative estimate of drug-likeness (QED) is 0.820. The highest BCUT2D eigenvalue weighted by molar-refractivity contribution is 5.87. The predicted octanol–water partition coefficient (Wildman–Crippen LogP) is 1.15. The van der Waals surface area contributed by atoms with Crippen LogP contribution in [0.4, 0.5) is 0 Å². The smallest absolute Gasteiger partial charge is 0.240 e. The molecule has 0 bridgehead atoms. The molecule has 2 amide bonds. The summed E-state index contributed by atoms with van der Waals surface area (Å²) in [7, 11) is 1.59. The average molecular weight is 294 g/mol. The van der Waals surface area contributed by atoms with Gasteiger partial charge in [-0.05, 0) is 26.2 Å². The molecule has 0 aromatic heterocycles. The van der Waals surface area contributed by atoms with Crippen molar-refractivity contribution < 1.29 is 9.59 Å². The fraction of sp³-hybridized carbons (Fsp3) is 0.846. The minimum atomic E-state index is -0.607. The Bertz CT molecular complexity index is 319. The van der Waals surface area contributed by atoms with Crippen LogP contribution in [0.2, 0.25) is 0 Å². The van der Waals surface area contributed by atoms with Crippen LogP contribution >= 0.6 is 12.4 Å². The Morgan fingerprint density at radius 3 is 1.89 bits per heavy atom. The molecule has 19 heavy (non-hydrogen) atoms. The molecule has 0 heterocycles. The van der Waals surface area contributed by atoms with Gasteiger partial charge in [0.2, 0.25) is 11.8 Å². The van der Waals surface area contributed by atoms with Crippen molar-refractivity contribution in [2.24, 2.45) is 11.1 Å². The maximum atomic E-state index is 12.0. The van der Waals surface area contributed by atoms with Crippen LogP contribution in [0.1, 0.15) is 41.5 Å². The highest BCUT2D eigenvalue weighted by Crippen LogP contribution is 2.18. The molecule has 0 radical (unpaired) electrons. The number of halogens is 1. The van der Waals surface area contributed by atoms with E-state index in [9.17, 15) is 9.59 Å². The normalized spacial score (nSPS) is 13.3. The summed E-state index contributed by atoms with van der Waals surface area (Å²) in [5.41, 5.74) is 5.26. The van der Waals surface area contributed by atoms with E-state index in [4.69, 9.17) is 5.73 Å². The van der Waals surface area contributed by atoms with Crippen molar-refractivity contribution in [3.8, 4) is 0 Å². The van der Waals surface area contributed by atoms with E-state index in [2.05, 4.69) is 5.32 Å². The predicted molar refractivity (Wildman–Crippen MR) is 80.2 cm³/mol. The maximum Gasteiger partial charge on any atom is 0.240 e. The molecule has 0 saturated heterocycles. The van der Waals surface area contributed by atoms with Crippen molar-refractivity contribution in [1.29, 1.82) is 0 Å². The summed E-state index contributed by atoms with van der Waals surface area (Å²) in [6, 6.07) is -0.607. The summed E-state index contributed by atoms with van der Waals surface area (Å²) in [5, 5.41) is 2.81. The van der Waals surface area contributed by atoms with E-state index in [-0.39, 0.29) is 41.7 Å². The van der Waals surface area contributed by atoms with Gasteiger partial charge in [0.05, 0.1) is 12.6 Å². The van der Waals surface area contributed by atoms with Gasteiger partial charge in [0.1, 0.15) is 0 Å². The molecule has 114 valence electrons. The molecule has 0 aliphatic heterocycles. The van der Waals surface area contributed by atoms with Crippen LogP contribution in [0.15, 0.2) is 0 Å². The molecule has 0 aromatic rings. The SMILES string of the molecule is CN(CC(=O)NC(C)(C)C)C(=O)[C@@H](N)C(C)(C)C.Cl. The first-order valence-corrected chi connectivity index (χ1v) is 6.16. The minimum absolute atomic E-state index is 0. The minimum Gasteiger partial charge on any atom is -0.350 e. The number of likely N-dealkylation sites (N-methyl/N-ethyl adjacent to an activating group) is 1. The first-order chi connectivity index (χ1) is 7.84. The van der Waals surface area contributed by atoms with Crippen LogP contribution in [0.3, 0.4) is 0 Å². The summed E-state index contributed by atoms with van der Waals surface area (Å²) >= 11 is 0. The van der Waals surface area contributed by atoms with Crippen molar-refractivity contribution in [3.63, 3.8) is 0 Å². The molecule has 0 aliphatic carbocycles. The monoisotopic (exact) mass is 293 g/mol. The topological polar surface area (TPSA) is 75.4 Å². The third-order valence-electron chi connectivity index (χ3n) is 2.47. The lowest BCUT2D eigenvalue weighted by Gasteiger charge is -2.30. The van der Waals surface area contributed by atoms with E-state index in [0.717, 1.165) is 0 Å². The first-order valence-electron chi connectivity index (χ1n) is 6.16. The van der Waals surface area contributed by atoms with Crippen molar-refractivity contribution in [2.75, 3.05) is 13.6 Å². The fourth-order valence-electron chi connectivity index (χ4n) is 1.36. The number of amides is 2. The number of nitrogens with one attached hydrogen (secondary N) is 1. The van der Waals surface area contributed by atoms with Crippen molar-refractivity contribution in [1.82, 2.24) is 10.2 Å². The lowest BCUT2D eigenvalue weighted by atomic mass is 9.86. The lowest BCUT2D eigenvalue weighted by molar-refractivity contribution is -0.138. The Balaban J connectivity index is 0. The third kappa shape index (κ3) is 8.06. The molecule has 0 unspecified atom stereocenters. The molecule has 1 atom stereocenters. The number of carbonyl (C=O) groups is 2. The number of nitrogens with two attached hydrogens (primary N) is 1. The van der Waals surface area contributed by atoms with Crippen LogP contribution < -0.4 is 11.1 Å². The first kappa shape index (κ1) is 20.5. The zero-order chi connectivity index (χ0) is 14.7. The number of carbonyl (C=O) groups excluding carboxylic acids is 2. The highest BCUT2D eigenvalue weighted by atomic mass is 35.5. The van der Waals surface area contributed by atoms with Gasteiger partial charge >= 0.3 is 0 Å². The zero-order valence-corrected chi connectivity index (χ0v) is 13.9. The summed E-state index contributed by atoms with van der Waals surface area (Å²) in [6.45, 7) is 11.4. The lowest BCUT2D eigenvalue weighted by Crippen LogP contribution is -2.52. The Labute approximate surface area is 122 Å². The van der Waals surface area contributed by atoms with Gasteiger partial charge in [-0.25, -0.2) is 0 Å². The van der Waals surface area contributed by atoms with Crippen molar-refractivity contribution in [2.45, 2.75) is 53.1 Å². The largest absolute Gasteiger partial charge is 0.350 e. The summed E-state index contributed by atoms with van der Waals surface area (Å²) in [4.78, 5) is 25.1. The molecule has 3 N–H and O–H groups in total. The molecule has 6 heteroatoms. The third-order valence-corrected chi connectivity index (χ3v) is 2.47.